The number of amides is 16. The summed E-state index contributed by atoms with van der Waals surface area (Å²) in [5.41, 5.74) is 8.39. The third-order valence-electron chi connectivity index (χ3n) is 26.0. The quantitative estimate of drug-likeness (QED) is 0.0152. The Labute approximate surface area is 850 Å². The summed E-state index contributed by atoms with van der Waals surface area (Å²) in [7, 11) is -5.83. The maximum Gasteiger partial charge on any atom is 0.526 e. The number of hydrogen-bond donors (Lipinski definition) is 13. The average molecular weight is 2100 g/mol. The molecule has 4 aromatic carbocycles. The molecule has 0 aliphatic carbocycles. The van der Waals surface area contributed by atoms with Crippen LogP contribution in [-0.4, -0.2) is 327 Å². The monoisotopic (exact) mass is 2090 g/mol. The molecule has 4 fully saturated rings. The van der Waals surface area contributed by atoms with Gasteiger partial charge in [-0.25, -0.2) is 50.9 Å². The minimum absolute atomic E-state index is 0.0256. The number of nitrogen functional groups attached to an aromatic ring is 1. The van der Waals surface area contributed by atoms with E-state index < -0.39 is 248 Å². The van der Waals surface area contributed by atoms with Gasteiger partial charge in [-0.3, -0.25) is 91.9 Å². The van der Waals surface area contributed by atoms with E-state index in [1.165, 1.54) is 44.9 Å². The van der Waals surface area contributed by atoms with Gasteiger partial charge in [-0.1, -0.05) is 48.5 Å². The lowest BCUT2D eigenvalue weighted by Gasteiger charge is -2.33. The van der Waals surface area contributed by atoms with Crippen LogP contribution in [0.15, 0.2) is 90.6 Å². The molecule has 16 amide bonds. The molecule has 0 spiro atoms. The van der Waals surface area contributed by atoms with Crippen LogP contribution < -0.4 is 45.6 Å². The number of aryl methyl sites for hydroxylation is 2. The molecular weight excluding hydrogens is 1990 g/mol. The topological polar surface area (TPSA) is 645 Å². The van der Waals surface area contributed by atoms with Crippen LogP contribution in [0.2, 0.25) is 23.3 Å². The van der Waals surface area contributed by atoms with Gasteiger partial charge in [0.1, 0.15) is 87.5 Å². The first-order valence-corrected chi connectivity index (χ1v) is 47.8. The summed E-state index contributed by atoms with van der Waals surface area (Å²) in [6.45, 7) is 13.9. The number of carbonyl (C=O) groups is 18. The normalized spacial score (nSPS) is 18.5. The molecule has 8 aliphatic heterocycles. The van der Waals surface area contributed by atoms with E-state index in [9.17, 15) is 149 Å². The SMILES string of the molecule is CCN1CCN(C(=O)NC(C(=O)C[C@H]2Cc3cc(F)c(C)c(C(=O)O)c3OB2O)c2csc(N)n2)C(=O)C1=O.CCN1CCN(C(=O)N[C@@H](C(=O)C[C@H]2Cc3cccc(C)c3OB2O)c2ncc(O)cc2F)C(=O)C1=O.CCN1CCN(C(=O)N[C@H](C(=O)C[C@H]2Cc3cccc(C(C)=O)c3OB2O)[C@H](O)C(F)F)C(=O)C1=O.CCN1CCN(C(=O)N[C@H](C(=O)C[C@H]2Cc3cccc(C)c3OB2O)c2ncc(O)cc2F)C(=O)C1=O. The largest absolute Gasteiger partial charge is 0.536 e. The highest BCUT2D eigenvalue weighted by Gasteiger charge is 2.50. The number of nitrogens with zero attached hydrogens (tertiary/aromatic N) is 11. The van der Waals surface area contributed by atoms with Crippen molar-refractivity contribution in [2.75, 3.05) is 84.3 Å². The first-order valence-electron chi connectivity index (χ1n) is 46.9. The highest BCUT2D eigenvalue weighted by Crippen LogP contribution is 2.44. The Morgan fingerprint density at radius 2 is 0.792 bits per heavy atom. The predicted octanol–water partition coefficient (Wildman–Crippen LogP) is 3.03. The van der Waals surface area contributed by atoms with Crippen molar-refractivity contribution in [2.45, 2.75) is 167 Å². The van der Waals surface area contributed by atoms with Gasteiger partial charge in [-0.2, -0.15) is 0 Å². The molecule has 7 aromatic rings. The zero-order chi connectivity index (χ0) is 109. The second-order valence-corrected chi connectivity index (χ2v) is 36.6. The number of aliphatic hydroxyl groups is 1. The number of imide groups is 4. The van der Waals surface area contributed by atoms with Crippen molar-refractivity contribution in [3.8, 4) is 34.5 Å². The highest BCUT2D eigenvalue weighted by molar-refractivity contribution is 7.13. The number of fused-ring (bicyclic) bond motifs is 4. The van der Waals surface area contributed by atoms with Crippen LogP contribution in [0.4, 0.5) is 46.3 Å². The van der Waals surface area contributed by atoms with E-state index in [2.05, 4.69) is 30.9 Å². The van der Waals surface area contributed by atoms with Crippen molar-refractivity contribution < 1.29 is 167 Å². The molecule has 4 saturated heterocycles. The predicted molar refractivity (Wildman–Crippen MR) is 512 cm³/mol. The molecule has 3 aromatic heterocycles. The summed E-state index contributed by atoms with van der Waals surface area (Å²) >= 11 is 1.01. The number of aromatic hydroxyl groups is 2. The number of aromatic carboxylic acids is 1. The highest BCUT2D eigenvalue weighted by atomic mass is 32.1. The number of para-hydroxylation sites is 3. The van der Waals surface area contributed by atoms with Crippen molar-refractivity contribution in [1.29, 1.82) is 0 Å². The van der Waals surface area contributed by atoms with E-state index in [0.717, 1.165) is 64.2 Å². The van der Waals surface area contributed by atoms with Crippen LogP contribution in [0.5, 0.6) is 34.5 Å². The molecule has 0 radical (unpaired) electrons. The Morgan fingerprint density at radius 1 is 0.456 bits per heavy atom. The number of benzene rings is 4. The summed E-state index contributed by atoms with van der Waals surface area (Å²) in [6.07, 6.45) is -5.25. The summed E-state index contributed by atoms with van der Waals surface area (Å²) in [6, 6.07) is 6.99. The van der Waals surface area contributed by atoms with Crippen LogP contribution in [0.3, 0.4) is 0 Å². The molecule has 1 unspecified atom stereocenters. The number of ketones is 5. The lowest BCUT2D eigenvalue weighted by atomic mass is 9.64. The first-order chi connectivity index (χ1) is 70.6. The second kappa shape index (κ2) is 48.5. The molecule has 11 heterocycles. The fourth-order valence-corrected chi connectivity index (χ4v) is 18.4. The van der Waals surface area contributed by atoms with Gasteiger partial charge in [0.2, 0.25) is 0 Å². The number of urea groups is 4. The van der Waals surface area contributed by atoms with E-state index in [1.807, 2.05) is 55.6 Å². The van der Waals surface area contributed by atoms with Gasteiger partial charge < -0.3 is 106 Å². The number of thiazole rings is 1. The Bertz CT molecular complexity index is 6270. The number of aliphatic hydroxyl groups excluding tert-OH is 1. The molecule has 15 rings (SSSR count). The first kappa shape index (κ1) is 112. The van der Waals surface area contributed by atoms with Gasteiger partial charge in [-0.15, -0.1) is 11.3 Å². The number of anilines is 1. The number of carbonyl (C=O) groups excluding carboxylic acids is 17. The molecular formula is C93H103B4F5N16O30S. The molecule has 14 N–H and O–H groups in total. The lowest BCUT2D eigenvalue weighted by molar-refractivity contribution is -0.153. The molecule has 149 heavy (non-hydrogen) atoms. The van der Waals surface area contributed by atoms with Crippen molar-refractivity contribution in [1.82, 2.24) is 75.4 Å². The maximum atomic E-state index is 14.7. The fourth-order valence-electron chi connectivity index (χ4n) is 17.8. The van der Waals surface area contributed by atoms with E-state index >= 15 is 0 Å². The number of rotatable bonds is 27. The third kappa shape index (κ3) is 25.5. The van der Waals surface area contributed by atoms with Crippen molar-refractivity contribution in [3.63, 3.8) is 0 Å². The summed E-state index contributed by atoms with van der Waals surface area (Å²) in [5.74, 6) is -18.8. The smallest absolute Gasteiger partial charge is 0.526 e. The molecule has 0 bridgehead atoms. The maximum absolute atomic E-state index is 14.7. The van der Waals surface area contributed by atoms with Gasteiger partial charge in [0.05, 0.1) is 23.7 Å². The molecule has 0 saturated carbocycles. The van der Waals surface area contributed by atoms with Crippen molar-refractivity contribution in [2.24, 2.45) is 0 Å². The zero-order valence-electron chi connectivity index (χ0n) is 81.2. The van der Waals surface area contributed by atoms with Crippen LogP contribution in [0.1, 0.15) is 155 Å². The van der Waals surface area contributed by atoms with E-state index in [1.54, 1.807) is 39.8 Å². The number of Topliss-reactive ketones (excluding diaryl/α,β-unsaturated/α-hetero) is 5. The summed E-state index contributed by atoms with van der Waals surface area (Å²) < 4.78 is 92.7. The van der Waals surface area contributed by atoms with Gasteiger partial charge in [0.25, 0.3) is 6.43 Å². The Balaban J connectivity index is 0.000000176. The van der Waals surface area contributed by atoms with Crippen LogP contribution in [-0.2, 0) is 83.2 Å². The number of hydrogen-bond acceptors (Lipinski definition) is 34. The van der Waals surface area contributed by atoms with Crippen molar-refractivity contribution in [3.05, 3.63) is 175 Å². The Hall–Kier alpha value is -15.4. The number of piperazine rings is 4. The molecule has 46 nitrogen and oxygen atoms in total. The number of pyridine rings is 2. The fraction of sp³-hybridized carbons (Fsp3) is 0.409. The second-order valence-electron chi connectivity index (χ2n) is 35.7. The van der Waals surface area contributed by atoms with Crippen LogP contribution in [0, 0.1) is 38.2 Å². The minimum Gasteiger partial charge on any atom is -0.536 e. The van der Waals surface area contributed by atoms with Gasteiger partial charge in [0, 0.05) is 151 Å². The Kier molecular flexibility index (Phi) is 36.6. The van der Waals surface area contributed by atoms with Crippen LogP contribution in [0.25, 0.3) is 0 Å². The number of nitrogens with two attached hydrogens (primary N) is 1. The lowest BCUT2D eigenvalue weighted by Crippen LogP contribution is -2.61. The van der Waals surface area contributed by atoms with E-state index in [-0.39, 0.29) is 142 Å². The number of halogens is 5. The standard InChI is InChI=1S/2C24H26BFN4O7.C23H25BFN5O8S.C22H26BF2N3O8/c2*1-3-29-7-8-30(23(34)22(29)33)24(35)28-20(19-17(26)11-16(31)12-27-19)18(32)10-15-9-14-6-4-5-13(2)21(14)37-25(15)36;1-3-29-4-5-30(20(33)19(29)32)23(36)28-17(14-9-39-22(26)27-14)15(31)8-12-6-11-7-13(25)10(2)16(21(34)35)18(11)38-24(12)37;1-3-27-7-8-28(21(33)20(27)32)22(34)26-16(17(31)19(24)25)15(30)10-13-9-12-5-4-6-14(11(2)29)18(12)36-23(13)35/h2*4-6,11-12,15,20,31,36H,3,7-10H2,1-2H3,(H,28,35);7,9,12,17,37H,3-6,8H2,1-2H3,(H2,26,27)(H,28,36)(H,34,35);4-6,13,16-17,19,31,35H,3,7-10H2,1-2H3,(H,26,34)/t15-,20+;15-,20-;12-,17?;13-,16-,17+/m1111/s1. The van der Waals surface area contributed by atoms with Crippen molar-refractivity contribution >= 4 is 151 Å². The molecule has 788 valence electrons. The number of likely N-dealkylation sites (N-methyl/N-ethyl adjacent to an activating group) is 4. The molecule has 8 aliphatic rings. The number of aromatic nitrogens is 3. The molecule has 9 atom stereocenters. The summed E-state index contributed by atoms with van der Waals surface area (Å²) in [5, 5.41) is 91.3. The number of carboxylic acids is 1. The van der Waals surface area contributed by atoms with Crippen LogP contribution >= 0.6 is 11.3 Å². The van der Waals surface area contributed by atoms with Gasteiger partial charge >= 0.3 is 106 Å². The zero-order valence-corrected chi connectivity index (χ0v) is 82.1. The van der Waals surface area contributed by atoms with Gasteiger partial charge in [-0.05, 0) is 127 Å². The summed E-state index contributed by atoms with van der Waals surface area (Å²) in [4.78, 5) is 246. The Morgan fingerprint density at radius 3 is 1.14 bits per heavy atom. The molecule has 56 heteroatoms. The van der Waals surface area contributed by atoms with Gasteiger partial charge in [0.15, 0.2) is 45.7 Å². The minimum atomic E-state index is -3.42. The number of alkyl halides is 2. The number of carboxylic acid groups (broad SMARTS) is 1. The third-order valence-corrected chi connectivity index (χ3v) is 26.7. The average Bonchev–Trinajstić information content (AvgIpc) is 1.05. The van der Waals surface area contributed by atoms with E-state index in [4.69, 9.17) is 24.4 Å². The van der Waals surface area contributed by atoms with E-state index in [0.29, 0.717) is 56.0 Å². The number of nitrogens with one attached hydrogen (secondary N) is 4.